The molecule has 1 saturated heterocycles. The van der Waals surface area contributed by atoms with Crippen molar-refractivity contribution in [3.63, 3.8) is 0 Å². The molecule has 3 aromatic rings. The average molecular weight is 448 g/mol. The maximum Gasteiger partial charge on any atom is 0.389 e. The van der Waals surface area contributed by atoms with E-state index in [9.17, 15) is 22.8 Å². The van der Waals surface area contributed by atoms with Crippen molar-refractivity contribution in [2.45, 2.75) is 38.8 Å². The van der Waals surface area contributed by atoms with Crippen molar-refractivity contribution in [3.8, 4) is 5.95 Å². The third-order valence-electron chi connectivity index (χ3n) is 6.85. The number of nitrogens with zero attached hydrogens (tertiary/aromatic N) is 5. The number of hydrogen-bond acceptors (Lipinski definition) is 4. The SMILES string of the molecule is Cc1c(C(=O)N2C[C@H]3CCC[C@@H](C2)[C@@H]3CC(F)(F)F)cnn1-c1nn2cccc2c(=O)[nH]1. The van der Waals surface area contributed by atoms with Gasteiger partial charge in [0.05, 0.1) is 17.5 Å². The summed E-state index contributed by atoms with van der Waals surface area (Å²) in [6.07, 6.45) is 0.430. The number of carbonyl (C=O) groups is 1. The van der Waals surface area contributed by atoms with Crippen LogP contribution in [-0.2, 0) is 0 Å². The lowest BCUT2D eigenvalue weighted by atomic mass is 9.67. The topological polar surface area (TPSA) is 88.3 Å². The molecule has 3 aromatic heterocycles. The van der Waals surface area contributed by atoms with E-state index in [0.717, 1.165) is 6.42 Å². The number of halogens is 3. The van der Waals surface area contributed by atoms with E-state index in [1.54, 1.807) is 30.2 Å². The van der Waals surface area contributed by atoms with Gasteiger partial charge in [-0.25, -0.2) is 9.20 Å². The molecule has 0 radical (unpaired) electrons. The second-order valence-corrected chi connectivity index (χ2v) is 8.82. The van der Waals surface area contributed by atoms with Gasteiger partial charge in [-0.2, -0.15) is 18.3 Å². The van der Waals surface area contributed by atoms with Gasteiger partial charge in [0.2, 0.25) is 5.95 Å². The van der Waals surface area contributed by atoms with E-state index in [-0.39, 0.29) is 29.3 Å². The Morgan fingerprint density at radius 3 is 2.66 bits per heavy atom. The number of fused-ring (bicyclic) bond motifs is 3. The van der Waals surface area contributed by atoms with Gasteiger partial charge in [0, 0.05) is 25.7 Å². The molecule has 1 N–H and O–H groups in total. The first-order valence-corrected chi connectivity index (χ1v) is 10.7. The van der Waals surface area contributed by atoms with Crippen LogP contribution in [0.15, 0.2) is 29.3 Å². The van der Waals surface area contributed by atoms with Crippen LogP contribution in [0.3, 0.4) is 0 Å². The number of H-pyrrole nitrogens is 1. The predicted molar refractivity (Wildman–Crippen MR) is 109 cm³/mol. The minimum absolute atomic E-state index is 0.141. The third kappa shape index (κ3) is 3.59. The molecule has 1 aliphatic carbocycles. The van der Waals surface area contributed by atoms with Gasteiger partial charge in [-0.3, -0.25) is 14.6 Å². The summed E-state index contributed by atoms with van der Waals surface area (Å²) in [4.78, 5) is 29.9. The molecule has 5 rings (SSSR count). The van der Waals surface area contributed by atoms with E-state index in [1.165, 1.54) is 15.4 Å². The summed E-state index contributed by atoms with van der Waals surface area (Å²) in [5, 5.41) is 8.58. The van der Waals surface area contributed by atoms with E-state index in [2.05, 4.69) is 15.2 Å². The second kappa shape index (κ2) is 7.49. The molecule has 32 heavy (non-hydrogen) atoms. The van der Waals surface area contributed by atoms with Gasteiger partial charge in [-0.15, -0.1) is 5.10 Å². The highest BCUT2D eigenvalue weighted by atomic mass is 19.4. The number of nitrogens with one attached hydrogen (secondary N) is 1. The van der Waals surface area contributed by atoms with Gasteiger partial charge in [-0.1, -0.05) is 6.42 Å². The van der Waals surface area contributed by atoms with Crippen molar-refractivity contribution in [2.24, 2.45) is 17.8 Å². The number of aromatic nitrogens is 5. The van der Waals surface area contributed by atoms with Gasteiger partial charge in [0.15, 0.2) is 0 Å². The molecule has 170 valence electrons. The minimum atomic E-state index is -4.19. The summed E-state index contributed by atoms with van der Waals surface area (Å²) in [7, 11) is 0. The Hall–Kier alpha value is -3.11. The molecular formula is C21H23F3N6O2. The maximum absolute atomic E-state index is 13.3. The molecule has 2 fully saturated rings. The first-order valence-electron chi connectivity index (χ1n) is 10.7. The van der Waals surface area contributed by atoms with Crippen LogP contribution in [-0.4, -0.2) is 54.5 Å². The fraction of sp³-hybridized carbons (Fsp3) is 0.524. The van der Waals surface area contributed by atoms with Crippen molar-refractivity contribution >= 4 is 11.4 Å². The highest BCUT2D eigenvalue weighted by molar-refractivity contribution is 5.95. The molecule has 0 unspecified atom stereocenters. The quantitative estimate of drug-likeness (QED) is 0.667. The first kappa shape index (κ1) is 20.8. The molecule has 1 aliphatic heterocycles. The molecule has 4 heterocycles. The van der Waals surface area contributed by atoms with Crippen LogP contribution in [0.4, 0.5) is 13.2 Å². The summed E-state index contributed by atoms with van der Waals surface area (Å²) in [6.45, 7) is 2.35. The second-order valence-electron chi connectivity index (χ2n) is 8.82. The lowest BCUT2D eigenvalue weighted by Gasteiger charge is -2.47. The van der Waals surface area contributed by atoms with E-state index < -0.39 is 18.5 Å². The number of alkyl halides is 3. The molecule has 11 heteroatoms. The van der Waals surface area contributed by atoms with Crippen molar-refractivity contribution < 1.29 is 18.0 Å². The molecular weight excluding hydrogens is 425 g/mol. The monoisotopic (exact) mass is 448 g/mol. The first-order chi connectivity index (χ1) is 15.2. The number of amides is 1. The highest BCUT2D eigenvalue weighted by Crippen LogP contribution is 2.45. The molecule has 0 spiro atoms. The van der Waals surface area contributed by atoms with Crippen molar-refractivity contribution in [1.29, 1.82) is 0 Å². The molecule has 2 bridgehead atoms. The Morgan fingerprint density at radius 2 is 1.97 bits per heavy atom. The number of aromatic amines is 1. The fourth-order valence-corrected chi connectivity index (χ4v) is 5.35. The minimum Gasteiger partial charge on any atom is -0.338 e. The summed E-state index contributed by atoms with van der Waals surface area (Å²) in [5.41, 5.74) is 0.922. The molecule has 8 nitrogen and oxygen atoms in total. The van der Waals surface area contributed by atoms with E-state index in [0.29, 0.717) is 42.7 Å². The summed E-state index contributed by atoms with van der Waals surface area (Å²) in [5.74, 6) is -0.772. The molecule has 2 aliphatic rings. The third-order valence-corrected chi connectivity index (χ3v) is 6.85. The van der Waals surface area contributed by atoms with Gasteiger partial charge in [0.1, 0.15) is 5.52 Å². The van der Waals surface area contributed by atoms with Crippen LogP contribution >= 0.6 is 0 Å². The van der Waals surface area contributed by atoms with Gasteiger partial charge < -0.3 is 4.90 Å². The van der Waals surface area contributed by atoms with E-state index >= 15 is 0 Å². The van der Waals surface area contributed by atoms with Crippen LogP contribution in [0, 0.1) is 24.7 Å². The van der Waals surface area contributed by atoms with Crippen LogP contribution < -0.4 is 5.56 Å². The summed E-state index contributed by atoms with van der Waals surface area (Å²) in [6, 6.07) is 3.34. The van der Waals surface area contributed by atoms with E-state index in [4.69, 9.17) is 0 Å². The predicted octanol–water partition coefficient (Wildman–Crippen LogP) is 2.96. The number of likely N-dealkylation sites (tertiary alicyclic amines) is 1. The zero-order valence-electron chi connectivity index (χ0n) is 17.5. The Balaban J connectivity index is 1.40. The number of rotatable bonds is 3. The lowest BCUT2D eigenvalue weighted by Crippen LogP contribution is -2.51. The highest BCUT2D eigenvalue weighted by Gasteiger charge is 2.46. The Bertz CT molecular complexity index is 1210. The number of carbonyl (C=O) groups excluding carboxylic acids is 1. The Labute approximate surface area is 181 Å². The normalized spacial score (nSPS) is 23.6. The number of hydrogen-bond donors (Lipinski definition) is 1. The molecule has 1 amide bonds. The number of piperidine rings is 1. The molecule has 0 aromatic carbocycles. The zero-order valence-corrected chi connectivity index (χ0v) is 17.5. The Morgan fingerprint density at radius 1 is 1.25 bits per heavy atom. The molecule has 3 atom stereocenters. The van der Waals surface area contributed by atoms with Gasteiger partial charge in [-0.05, 0) is 49.7 Å². The van der Waals surface area contributed by atoms with Crippen LogP contribution in [0.1, 0.15) is 41.7 Å². The largest absolute Gasteiger partial charge is 0.389 e. The lowest BCUT2D eigenvalue weighted by molar-refractivity contribution is -0.161. The van der Waals surface area contributed by atoms with Crippen LogP contribution in [0.5, 0.6) is 0 Å². The van der Waals surface area contributed by atoms with Crippen molar-refractivity contribution in [1.82, 2.24) is 29.3 Å². The van der Waals surface area contributed by atoms with Crippen molar-refractivity contribution in [3.05, 3.63) is 46.1 Å². The van der Waals surface area contributed by atoms with E-state index in [1.807, 2.05) is 0 Å². The Kier molecular flexibility index (Phi) is 4.86. The van der Waals surface area contributed by atoms with Crippen molar-refractivity contribution in [2.75, 3.05) is 13.1 Å². The maximum atomic E-state index is 13.3. The average Bonchev–Trinajstić information content (AvgIpc) is 3.33. The zero-order chi connectivity index (χ0) is 22.6. The summed E-state index contributed by atoms with van der Waals surface area (Å²) >= 11 is 0. The van der Waals surface area contributed by atoms with Gasteiger partial charge >= 0.3 is 6.18 Å². The standard InChI is InChI=1S/C21H23F3N6O2/c1-12-16(9-25-30(12)20-26-18(31)17-6-3-7-29(17)27-20)19(32)28-10-13-4-2-5-14(11-28)15(13)8-21(22,23)24/h3,6-7,9,13-15H,2,4-5,8,10-11H2,1H3,(H,26,27,31)/t13-,14+,15-. The summed E-state index contributed by atoms with van der Waals surface area (Å²) < 4.78 is 42.0. The van der Waals surface area contributed by atoms with Crippen LogP contribution in [0.25, 0.3) is 11.5 Å². The fourth-order valence-electron chi connectivity index (χ4n) is 5.35. The van der Waals surface area contributed by atoms with Crippen LogP contribution in [0.2, 0.25) is 0 Å². The molecule has 1 saturated carbocycles. The smallest absolute Gasteiger partial charge is 0.338 e. The van der Waals surface area contributed by atoms with Gasteiger partial charge in [0.25, 0.3) is 11.5 Å².